The van der Waals surface area contributed by atoms with E-state index < -0.39 is 10.0 Å². The Kier molecular flexibility index (Phi) is 3.21. The fraction of sp³-hybridized carbons (Fsp3) is 0. The van der Waals surface area contributed by atoms with Gasteiger partial charge in [0.05, 0.1) is 22.7 Å². The lowest BCUT2D eigenvalue weighted by Gasteiger charge is -2.06. The van der Waals surface area contributed by atoms with E-state index in [4.69, 9.17) is 5.26 Å². The van der Waals surface area contributed by atoms with Gasteiger partial charge in [0.25, 0.3) is 10.0 Å². The second-order valence-corrected chi connectivity index (χ2v) is 5.02. The summed E-state index contributed by atoms with van der Waals surface area (Å²) in [6, 6.07) is 7.61. The maximum atomic E-state index is 12.0. The van der Waals surface area contributed by atoms with Crippen LogP contribution in [-0.2, 0) is 10.0 Å². The molecular weight excluding hydrogens is 252 g/mol. The highest BCUT2D eigenvalue weighted by Gasteiger charge is 2.15. The molecule has 0 fully saturated rings. The van der Waals surface area contributed by atoms with Crippen molar-refractivity contribution in [3.63, 3.8) is 0 Å². The number of aromatic nitrogens is 2. The molecular formula is C11H8N4O2S. The van der Waals surface area contributed by atoms with Gasteiger partial charge < -0.3 is 0 Å². The fourth-order valence-corrected chi connectivity index (χ4v) is 2.32. The van der Waals surface area contributed by atoms with Crippen LogP contribution in [0.15, 0.2) is 47.8 Å². The van der Waals surface area contributed by atoms with Crippen LogP contribution in [0.2, 0.25) is 0 Å². The predicted molar refractivity (Wildman–Crippen MR) is 64.0 cm³/mol. The normalized spacial score (nSPS) is 10.6. The lowest BCUT2D eigenvalue weighted by molar-refractivity contribution is 0.601. The molecule has 0 aliphatic heterocycles. The first-order valence-corrected chi connectivity index (χ1v) is 6.39. The average molecular weight is 260 g/mol. The second-order valence-electron chi connectivity index (χ2n) is 3.34. The minimum atomic E-state index is -3.75. The third-order valence-electron chi connectivity index (χ3n) is 2.08. The summed E-state index contributed by atoms with van der Waals surface area (Å²) < 4.78 is 26.2. The zero-order chi connectivity index (χ0) is 13.0. The van der Waals surface area contributed by atoms with Crippen LogP contribution in [0.4, 0.5) is 5.82 Å². The molecule has 1 N–H and O–H groups in total. The molecule has 0 unspecified atom stereocenters. The van der Waals surface area contributed by atoms with E-state index in [0.29, 0.717) is 0 Å². The van der Waals surface area contributed by atoms with Gasteiger partial charge in [-0.2, -0.15) is 5.26 Å². The molecule has 0 spiro atoms. The largest absolute Gasteiger partial charge is 0.263 e. The molecule has 2 aromatic rings. The average Bonchev–Trinajstić information content (AvgIpc) is 2.39. The molecule has 0 bridgehead atoms. The minimum Gasteiger partial charge on any atom is -0.262 e. The van der Waals surface area contributed by atoms with Gasteiger partial charge in [-0.3, -0.25) is 9.71 Å². The molecule has 1 heterocycles. The number of hydrogen-bond donors (Lipinski definition) is 1. The molecule has 0 atom stereocenters. The number of sulfonamides is 1. The molecule has 0 amide bonds. The van der Waals surface area contributed by atoms with Crippen molar-refractivity contribution in [2.45, 2.75) is 4.90 Å². The minimum absolute atomic E-state index is 0.00667. The molecule has 1 aromatic heterocycles. The summed E-state index contributed by atoms with van der Waals surface area (Å²) >= 11 is 0. The fourth-order valence-electron chi connectivity index (χ4n) is 1.28. The van der Waals surface area contributed by atoms with Crippen LogP contribution in [0.5, 0.6) is 0 Å². The summed E-state index contributed by atoms with van der Waals surface area (Å²) in [5, 5.41) is 8.73. The van der Waals surface area contributed by atoms with E-state index >= 15 is 0 Å². The van der Waals surface area contributed by atoms with Crippen molar-refractivity contribution in [1.29, 1.82) is 5.26 Å². The Morgan fingerprint density at radius 1 is 1.28 bits per heavy atom. The lowest BCUT2D eigenvalue weighted by Crippen LogP contribution is -2.14. The summed E-state index contributed by atoms with van der Waals surface area (Å²) in [6.07, 6.45) is 4.11. The smallest absolute Gasteiger partial charge is 0.262 e. The number of nitriles is 1. The van der Waals surface area contributed by atoms with E-state index in [1.54, 1.807) is 0 Å². The van der Waals surface area contributed by atoms with Crippen molar-refractivity contribution >= 4 is 15.8 Å². The van der Waals surface area contributed by atoms with Gasteiger partial charge in [-0.25, -0.2) is 13.4 Å². The molecule has 7 heteroatoms. The third kappa shape index (κ3) is 2.61. The predicted octanol–water partition coefficient (Wildman–Crippen LogP) is 1.15. The summed E-state index contributed by atoms with van der Waals surface area (Å²) in [5.41, 5.74) is 0.275. The van der Waals surface area contributed by atoms with Crippen LogP contribution in [0.25, 0.3) is 0 Å². The van der Waals surface area contributed by atoms with Crippen LogP contribution in [0.3, 0.4) is 0 Å². The van der Waals surface area contributed by atoms with Gasteiger partial charge >= 0.3 is 0 Å². The topological polar surface area (TPSA) is 95.7 Å². The SMILES string of the molecule is N#Cc1cccc(S(=O)(=O)Nc2cnccn2)c1. The van der Waals surface area contributed by atoms with Crippen molar-refractivity contribution < 1.29 is 8.42 Å². The molecule has 6 nitrogen and oxygen atoms in total. The number of nitrogens with one attached hydrogen (secondary N) is 1. The Morgan fingerprint density at radius 2 is 2.11 bits per heavy atom. The summed E-state index contributed by atoms with van der Waals surface area (Å²) in [5.74, 6) is 0.125. The van der Waals surface area contributed by atoms with Crippen molar-refractivity contribution in [3.05, 3.63) is 48.4 Å². The Hall–Kier alpha value is -2.46. The summed E-state index contributed by atoms with van der Waals surface area (Å²) in [7, 11) is -3.75. The molecule has 0 saturated heterocycles. The highest BCUT2D eigenvalue weighted by atomic mass is 32.2. The van der Waals surface area contributed by atoms with Crippen LogP contribution in [0, 0.1) is 11.3 Å². The van der Waals surface area contributed by atoms with Gasteiger partial charge in [-0.05, 0) is 18.2 Å². The zero-order valence-electron chi connectivity index (χ0n) is 9.11. The molecule has 1 aromatic carbocycles. The molecule has 0 aliphatic carbocycles. The van der Waals surface area contributed by atoms with Crippen molar-refractivity contribution in [3.8, 4) is 6.07 Å². The number of benzene rings is 1. The van der Waals surface area contributed by atoms with Gasteiger partial charge in [-0.1, -0.05) is 6.07 Å². The number of hydrogen-bond acceptors (Lipinski definition) is 5. The highest BCUT2D eigenvalue weighted by Crippen LogP contribution is 2.14. The van der Waals surface area contributed by atoms with Crippen LogP contribution < -0.4 is 4.72 Å². The Balaban J connectivity index is 2.34. The molecule has 2 rings (SSSR count). The maximum Gasteiger partial charge on any atom is 0.263 e. The van der Waals surface area contributed by atoms with Gasteiger partial charge in [0, 0.05) is 12.4 Å². The Morgan fingerprint density at radius 3 is 2.78 bits per heavy atom. The molecule has 18 heavy (non-hydrogen) atoms. The second kappa shape index (κ2) is 4.81. The quantitative estimate of drug-likeness (QED) is 0.893. The first-order valence-electron chi connectivity index (χ1n) is 4.91. The zero-order valence-corrected chi connectivity index (χ0v) is 9.92. The molecule has 0 radical (unpaired) electrons. The van der Waals surface area contributed by atoms with Crippen LogP contribution in [-0.4, -0.2) is 18.4 Å². The van der Waals surface area contributed by atoms with Crippen LogP contribution in [0.1, 0.15) is 5.56 Å². The molecule has 0 aliphatic rings. The van der Waals surface area contributed by atoms with Gasteiger partial charge in [-0.15, -0.1) is 0 Å². The Bertz CT molecular complexity index is 692. The van der Waals surface area contributed by atoms with Crippen molar-refractivity contribution in [2.24, 2.45) is 0 Å². The van der Waals surface area contributed by atoms with E-state index in [1.165, 1.54) is 42.9 Å². The van der Waals surface area contributed by atoms with Gasteiger partial charge in [0.1, 0.15) is 0 Å². The summed E-state index contributed by atoms with van der Waals surface area (Å²) in [6.45, 7) is 0. The van der Waals surface area contributed by atoms with Crippen molar-refractivity contribution in [1.82, 2.24) is 9.97 Å². The third-order valence-corrected chi connectivity index (χ3v) is 3.43. The van der Waals surface area contributed by atoms with E-state index in [-0.39, 0.29) is 16.3 Å². The first kappa shape index (κ1) is 12.0. The summed E-state index contributed by atoms with van der Waals surface area (Å²) in [4.78, 5) is 7.58. The highest BCUT2D eigenvalue weighted by molar-refractivity contribution is 7.92. The van der Waals surface area contributed by atoms with E-state index in [1.807, 2.05) is 6.07 Å². The van der Waals surface area contributed by atoms with Gasteiger partial charge in [0.15, 0.2) is 5.82 Å². The first-order chi connectivity index (χ1) is 8.62. The lowest BCUT2D eigenvalue weighted by atomic mass is 10.2. The van der Waals surface area contributed by atoms with E-state index in [2.05, 4.69) is 14.7 Å². The number of nitrogens with zero attached hydrogens (tertiary/aromatic N) is 3. The van der Waals surface area contributed by atoms with Crippen LogP contribution >= 0.6 is 0 Å². The van der Waals surface area contributed by atoms with Crippen molar-refractivity contribution in [2.75, 3.05) is 4.72 Å². The molecule has 0 saturated carbocycles. The maximum absolute atomic E-state index is 12.0. The number of anilines is 1. The standard InChI is InChI=1S/C11H8N4O2S/c12-7-9-2-1-3-10(6-9)18(16,17)15-11-8-13-4-5-14-11/h1-6,8H,(H,14,15). The van der Waals surface area contributed by atoms with E-state index in [9.17, 15) is 8.42 Å². The Labute approximate surface area is 104 Å². The number of rotatable bonds is 3. The monoisotopic (exact) mass is 260 g/mol. The van der Waals surface area contributed by atoms with E-state index in [0.717, 1.165) is 0 Å². The molecule has 90 valence electrons. The van der Waals surface area contributed by atoms with Gasteiger partial charge in [0.2, 0.25) is 0 Å².